The summed E-state index contributed by atoms with van der Waals surface area (Å²) in [6.45, 7) is 0. The van der Waals surface area contributed by atoms with Crippen LogP contribution in [0.4, 0.5) is 11.4 Å². The summed E-state index contributed by atoms with van der Waals surface area (Å²) in [6.07, 6.45) is 0. The first-order chi connectivity index (χ1) is 9.79. The van der Waals surface area contributed by atoms with Gasteiger partial charge in [-0.15, -0.1) is 0 Å². The van der Waals surface area contributed by atoms with Crippen LogP contribution < -0.4 is 9.62 Å². The molecule has 1 N–H and O–H groups in total. The number of hydrogen-bond donors (Lipinski definition) is 1. The first-order valence-electron chi connectivity index (χ1n) is 6.05. The standard InChI is InChI=1S/C14H14BrClN2O2S/c1-18(2)11-5-3-10(4-6-11)17-21(19,20)12-7-8-14(16)13(15)9-12/h3-9,17H,1-2H3. The van der Waals surface area contributed by atoms with Crippen molar-refractivity contribution in [3.05, 3.63) is 52.0 Å². The van der Waals surface area contributed by atoms with Crippen LogP contribution in [0.5, 0.6) is 0 Å². The highest BCUT2D eigenvalue weighted by Gasteiger charge is 2.15. The Morgan fingerprint density at radius 2 is 1.71 bits per heavy atom. The molecule has 0 heterocycles. The first-order valence-corrected chi connectivity index (χ1v) is 8.70. The van der Waals surface area contributed by atoms with Gasteiger partial charge < -0.3 is 4.90 Å². The van der Waals surface area contributed by atoms with Crippen LogP contribution >= 0.6 is 27.5 Å². The zero-order valence-electron chi connectivity index (χ0n) is 11.5. The number of rotatable bonds is 4. The Hall–Kier alpha value is -1.24. The van der Waals surface area contributed by atoms with E-state index in [4.69, 9.17) is 11.6 Å². The molecule has 0 aliphatic carbocycles. The lowest BCUT2D eigenvalue weighted by Crippen LogP contribution is -2.13. The van der Waals surface area contributed by atoms with Gasteiger partial charge in [0.1, 0.15) is 0 Å². The van der Waals surface area contributed by atoms with E-state index in [9.17, 15) is 8.42 Å². The normalized spacial score (nSPS) is 11.2. The van der Waals surface area contributed by atoms with Crippen molar-refractivity contribution in [1.29, 1.82) is 0 Å². The SMILES string of the molecule is CN(C)c1ccc(NS(=O)(=O)c2ccc(Cl)c(Br)c2)cc1. The summed E-state index contributed by atoms with van der Waals surface area (Å²) >= 11 is 9.09. The average molecular weight is 390 g/mol. The largest absolute Gasteiger partial charge is 0.378 e. The van der Waals surface area contributed by atoms with Crippen molar-refractivity contribution < 1.29 is 8.42 Å². The molecule has 0 atom stereocenters. The topological polar surface area (TPSA) is 49.4 Å². The minimum Gasteiger partial charge on any atom is -0.378 e. The Kier molecular flexibility index (Phi) is 4.81. The molecule has 0 saturated heterocycles. The van der Waals surface area contributed by atoms with Gasteiger partial charge in [0.15, 0.2) is 0 Å². The second-order valence-corrected chi connectivity index (χ2v) is 7.57. The Morgan fingerprint density at radius 3 is 2.24 bits per heavy atom. The number of nitrogens with one attached hydrogen (secondary N) is 1. The van der Waals surface area contributed by atoms with Gasteiger partial charge in [0.2, 0.25) is 0 Å². The summed E-state index contributed by atoms with van der Waals surface area (Å²) in [6, 6.07) is 11.6. The molecule has 0 amide bonds. The van der Waals surface area contributed by atoms with Gasteiger partial charge in [-0.05, 0) is 58.4 Å². The van der Waals surface area contributed by atoms with Crippen LogP contribution in [0.2, 0.25) is 5.02 Å². The minimum absolute atomic E-state index is 0.149. The molecule has 4 nitrogen and oxygen atoms in total. The van der Waals surface area contributed by atoms with E-state index in [-0.39, 0.29) is 4.90 Å². The fourth-order valence-corrected chi connectivity index (χ4v) is 3.42. The van der Waals surface area contributed by atoms with Crippen LogP contribution in [-0.2, 0) is 10.0 Å². The van der Waals surface area contributed by atoms with Gasteiger partial charge in [-0.3, -0.25) is 4.72 Å². The molecule has 2 aromatic rings. The summed E-state index contributed by atoms with van der Waals surface area (Å²) in [5.74, 6) is 0. The van der Waals surface area contributed by atoms with Crippen molar-refractivity contribution in [2.75, 3.05) is 23.7 Å². The van der Waals surface area contributed by atoms with Crippen molar-refractivity contribution in [3.63, 3.8) is 0 Å². The van der Waals surface area contributed by atoms with E-state index in [1.54, 1.807) is 12.1 Å². The number of sulfonamides is 1. The summed E-state index contributed by atoms with van der Waals surface area (Å²) in [7, 11) is 0.204. The number of halogens is 2. The van der Waals surface area contributed by atoms with Crippen molar-refractivity contribution in [1.82, 2.24) is 0 Å². The molecule has 0 fully saturated rings. The maximum Gasteiger partial charge on any atom is 0.261 e. The van der Waals surface area contributed by atoms with Gasteiger partial charge in [-0.2, -0.15) is 0 Å². The molecule has 0 aliphatic heterocycles. The van der Waals surface area contributed by atoms with E-state index in [1.807, 2.05) is 31.1 Å². The van der Waals surface area contributed by atoms with Crippen LogP contribution in [0, 0.1) is 0 Å². The monoisotopic (exact) mass is 388 g/mol. The van der Waals surface area contributed by atoms with Crippen LogP contribution in [0.25, 0.3) is 0 Å². The number of anilines is 2. The zero-order valence-corrected chi connectivity index (χ0v) is 14.6. The quantitative estimate of drug-likeness (QED) is 0.861. The lowest BCUT2D eigenvalue weighted by Gasteiger charge is -2.13. The highest BCUT2D eigenvalue weighted by Crippen LogP contribution is 2.26. The maximum absolute atomic E-state index is 12.3. The molecule has 0 bridgehead atoms. The van der Waals surface area contributed by atoms with Gasteiger partial charge in [-0.1, -0.05) is 11.6 Å². The number of hydrogen-bond acceptors (Lipinski definition) is 3. The van der Waals surface area contributed by atoms with E-state index in [0.29, 0.717) is 15.2 Å². The van der Waals surface area contributed by atoms with Crippen molar-refractivity contribution in [3.8, 4) is 0 Å². The second-order valence-electron chi connectivity index (χ2n) is 4.62. The predicted octanol–water partition coefficient (Wildman–Crippen LogP) is 3.97. The highest BCUT2D eigenvalue weighted by molar-refractivity contribution is 9.10. The molecule has 2 rings (SSSR count). The first kappa shape index (κ1) is 16.1. The molecule has 0 spiro atoms. The Balaban J connectivity index is 2.26. The summed E-state index contributed by atoms with van der Waals surface area (Å²) in [5, 5.41) is 0.462. The van der Waals surface area contributed by atoms with Crippen LogP contribution in [0.1, 0.15) is 0 Å². The molecule has 0 saturated carbocycles. The lowest BCUT2D eigenvalue weighted by molar-refractivity contribution is 0.601. The van der Waals surface area contributed by atoms with E-state index in [0.717, 1.165) is 5.69 Å². The summed E-state index contributed by atoms with van der Waals surface area (Å²) < 4.78 is 27.7. The average Bonchev–Trinajstić information content (AvgIpc) is 2.42. The minimum atomic E-state index is -3.64. The maximum atomic E-state index is 12.3. The smallest absolute Gasteiger partial charge is 0.261 e. The molecule has 7 heteroatoms. The van der Waals surface area contributed by atoms with Crippen LogP contribution in [0.3, 0.4) is 0 Å². The molecular weight excluding hydrogens is 376 g/mol. The lowest BCUT2D eigenvalue weighted by atomic mass is 10.3. The second kappa shape index (κ2) is 6.25. The van der Waals surface area contributed by atoms with E-state index in [1.165, 1.54) is 18.2 Å². The highest BCUT2D eigenvalue weighted by atomic mass is 79.9. The molecule has 0 radical (unpaired) electrons. The van der Waals surface area contributed by atoms with Gasteiger partial charge in [0.25, 0.3) is 10.0 Å². The summed E-state index contributed by atoms with van der Waals surface area (Å²) in [4.78, 5) is 2.09. The van der Waals surface area contributed by atoms with Crippen LogP contribution in [0.15, 0.2) is 51.8 Å². The molecule has 0 aromatic heterocycles. The fraction of sp³-hybridized carbons (Fsp3) is 0.143. The van der Waals surface area contributed by atoms with E-state index in [2.05, 4.69) is 20.7 Å². The van der Waals surface area contributed by atoms with Gasteiger partial charge in [0.05, 0.1) is 9.92 Å². The van der Waals surface area contributed by atoms with Crippen LogP contribution in [-0.4, -0.2) is 22.5 Å². The molecule has 2 aromatic carbocycles. The third-order valence-electron chi connectivity index (χ3n) is 2.84. The Labute approximate surface area is 137 Å². The zero-order chi connectivity index (χ0) is 15.6. The Bertz CT molecular complexity index is 746. The van der Waals surface area contributed by atoms with Gasteiger partial charge in [-0.25, -0.2) is 8.42 Å². The Morgan fingerprint density at radius 1 is 1.10 bits per heavy atom. The van der Waals surface area contributed by atoms with Crippen molar-refractivity contribution in [2.24, 2.45) is 0 Å². The molecule has 112 valence electrons. The van der Waals surface area contributed by atoms with Crippen molar-refractivity contribution in [2.45, 2.75) is 4.90 Å². The molecular formula is C14H14BrClN2O2S. The predicted molar refractivity (Wildman–Crippen MR) is 90.7 cm³/mol. The van der Waals surface area contributed by atoms with Gasteiger partial charge >= 0.3 is 0 Å². The molecule has 0 aliphatic rings. The summed E-state index contributed by atoms with van der Waals surface area (Å²) in [5.41, 5.74) is 1.50. The third-order valence-corrected chi connectivity index (χ3v) is 5.43. The van der Waals surface area contributed by atoms with Crippen molar-refractivity contribution >= 4 is 48.9 Å². The molecule has 21 heavy (non-hydrogen) atoms. The number of benzene rings is 2. The number of nitrogens with zero attached hydrogens (tertiary/aromatic N) is 1. The molecule has 0 unspecified atom stereocenters. The fourth-order valence-electron chi connectivity index (χ4n) is 1.69. The van der Waals surface area contributed by atoms with E-state index >= 15 is 0 Å². The van der Waals surface area contributed by atoms with E-state index < -0.39 is 10.0 Å². The third kappa shape index (κ3) is 3.90. The van der Waals surface area contributed by atoms with Gasteiger partial charge in [0, 0.05) is 29.9 Å².